The fraction of sp³-hybridized carbons (Fsp3) is 0.400. The molecule has 0 aliphatic rings. The molecule has 0 saturated heterocycles. The molecule has 1 aromatic carbocycles. The predicted octanol–water partition coefficient (Wildman–Crippen LogP) is 2.55. The van der Waals surface area contributed by atoms with Gasteiger partial charge in [0.25, 0.3) is 0 Å². The molecule has 84 valence electrons. The van der Waals surface area contributed by atoms with E-state index >= 15 is 0 Å². The third-order valence-corrected chi connectivity index (χ3v) is 2.20. The molecule has 0 spiro atoms. The van der Waals surface area contributed by atoms with Crippen molar-refractivity contribution in [2.24, 2.45) is 0 Å². The van der Waals surface area contributed by atoms with Crippen LogP contribution in [0, 0.1) is 11.6 Å². The number of methoxy groups -OCH3 is 1. The fourth-order valence-corrected chi connectivity index (χ4v) is 1.54. The summed E-state index contributed by atoms with van der Waals surface area (Å²) in [6.45, 7) is 1.47. The largest absolute Gasteiger partial charge is 0.493 e. The van der Waals surface area contributed by atoms with Crippen LogP contribution in [-0.2, 0) is 6.42 Å². The van der Waals surface area contributed by atoms with Crippen LogP contribution in [0.1, 0.15) is 12.5 Å². The lowest BCUT2D eigenvalue weighted by Gasteiger charge is -2.12. The molecule has 15 heavy (non-hydrogen) atoms. The first-order valence-electron chi connectivity index (χ1n) is 4.35. The lowest BCUT2D eigenvalue weighted by atomic mass is 10.1. The Morgan fingerprint density at radius 1 is 1.53 bits per heavy atom. The van der Waals surface area contributed by atoms with Gasteiger partial charge in [0.15, 0.2) is 11.6 Å². The molecule has 0 radical (unpaired) electrons. The molecule has 0 aliphatic heterocycles. The highest BCUT2D eigenvalue weighted by Gasteiger charge is 2.19. The van der Waals surface area contributed by atoms with Gasteiger partial charge in [0.05, 0.1) is 18.2 Å². The van der Waals surface area contributed by atoms with Crippen molar-refractivity contribution in [2.45, 2.75) is 19.4 Å². The maximum absolute atomic E-state index is 13.5. The molecule has 1 unspecified atom stereocenters. The number of aliphatic hydroxyl groups excluding tert-OH is 1. The number of hydrogen-bond donors (Lipinski definition) is 1. The lowest BCUT2D eigenvalue weighted by Crippen LogP contribution is -2.09. The van der Waals surface area contributed by atoms with Crippen molar-refractivity contribution in [1.29, 1.82) is 0 Å². The number of halogens is 3. The Labute approximate surface area is 91.4 Å². The zero-order chi connectivity index (χ0) is 11.6. The van der Waals surface area contributed by atoms with E-state index in [1.54, 1.807) is 0 Å². The van der Waals surface area contributed by atoms with E-state index in [1.807, 2.05) is 0 Å². The summed E-state index contributed by atoms with van der Waals surface area (Å²) in [4.78, 5) is 0. The summed E-state index contributed by atoms with van der Waals surface area (Å²) in [5, 5.41) is 8.83. The van der Waals surface area contributed by atoms with Gasteiger partial charge in [-0.1, -0.05) is 11.6 Å². The second-order valence-corrected chi connectivity index (χ2v) is 3.63. The molecule has 2 nitrogen and oxygen atoms in total. The number of rotatable bonds is 3. The van der Waals surface area contributed by atoms with E-state index in [1.165, 1.54) is 14.0 Å². The van der Waals surface area contributed by atoms with Gasteiger partial charge in [-0.2, -0.15) is 0 Å². The molecule has 5 heteroatoms. The summed E-state index contributed by atoms with van der Waals surface area (Å²) in [6.07, 6.45) is -0.849. The molecule has 1 rings (SSSR count). The quantitative estimate of drug-likeness (QED) is 0.818. The Morgan fingerprint density at radius 2 is 2.13 bits per heavy atom. The highest BCUT2D eigenvalue weighted by atomic mass is 35.5. The SMILES string of the molecule is COc1c(F)cc(Cl)c(F)c1CC(C)O. The van der Waals surface area contributed by atoms with Crippen molar-refractivity contribution in [2.75, 3.05) is 7.11 Å². The minimum Gasteiger partial charge on any atom is -0.493 e. The fourth-order valence-electron chi connectivity index (χ4n) is 1.33. The first kappa shape index (κ1) is 12.2. The average Bonchev–Trinajstić information content (AvgIpc) is 2.13. The number of benzene rings is 1. The molecule has 0 aliphatic carbocycles. The van der Waals surface area contributed by atoms with E-state index < -0.39 is 17.7 Å². The van der Waals surface area contributed by atoms with Crippen LogP contribution in [0.15, 0.2) is 6.07 Å². The normalized spacial score (nSPS) is 12.7. The third-order valence-electron chi connectivity index (χ3n) is 1.92. The Morgan fingerprint density at radius 3 is 2.60 bits per heavy atom. The molecule has 0 aromatic heterocycles. The minimum absolute atomic E-state index is 0.0440. The second-order valence-electron chi connectivity index (χ2n) is 3.22. The maximum atomic E-state index is 13.5. The van der Waals surface area contributed by atoms with E-state index in [0.717, 1.165) is 6.07 Å². The predicted molar refractivity (Wildman–Crippen MR) is 53.3 cm³/mol. The summed E-state index contributed by atoms with van der Waals surface area (Å²) >= 11 is 5.48. The Kier molecular flexibility index (Phi) is 3.88. The summed E-state index contributed by atoms with van der Waals surface area (Å²) in [7, 11) is 1.23. The van der Waals surface area contributed by atoms with E-state index in [0.29, 0.717) is 0 Å². The van der Waals surface area contributed by atoms with Gasteiger partial charge in [-0.05, 0) is 13.0 Å². The zero-order valence-corrected chi connectivity index (χ0v) is 9.11. The molecule has 0 saturated carbocycles. The van der Waals surface area contributed by atoms with Crippen molar-refractivity contribution >= 4 is 11.6 Å². The third kappa shape index (κ3) is 2.58. The van der Waals surface area contributed by atoms with E-state index in [-0.39, 0.29) is 22.8 Å². The van der Waals surface area contributed by atoms with Crippen LogP contribution < -0.4 is 4.74 Å². The highest BCUT2D eigenvalue weighted by molar-refractivity contribution is 6.30. The standard InChI is InChI=1S/C10H11ClF2O2/c1-5(14)3-6-9(13)7(11)4-8(12)10(6)15-2/h4-5,14H,3H2,1-2H3. The summed E-state index contributed by atoms with van der Waals surface area (Å²) in [6, 6.07) is 0.848. The van der Waals surface area contributed by atoms with Crippen LogP contribution in [0.25, 0.3) is 0 Å². The van der Waals surface area contributed by atoms with Crippen molar-refractivity contribution in [3.05, 3.63) is 28.3 Å². The van der Waals surface area contributed by atoms with Crippen molar-refractivity contribution in [3.63, 3.8) is 0 Å². The van der Waals surface area contributed by atoms with Gasteiger partial charge < -0.3 is 9.84 Å². The van der Waals surface area contributed by atoms with Gasteiger partial charge in [0.2, 0.25) is 0 Å². The van der Waals surface area contributed by atoms with Gasteiger partial charge in [0.1, 0.15) is 5.82 Å². The maximum Gasteiger partial charge on any atom is 0.167 e. The summed E-state index contributed by atoms with van der Waals surface area (Å²) < 4.78 is 31.5. The number of hydrogen-bond acceptors (Lipinski definition) is 2. The van der Waals surface area contributed by atoms with E-state index in [4.69, 9.17) is 21.4 Å². The van der Waals surface area contributed by atoms with Gasteiger partial charge in [-0.15, -0.1) is 0 Å². The zero-order valence-electron chi connectivity index (χ0n) is 8.35. The smallest absolute Gasteiger partial charge is 0.167 e. The van der Waals surface area contributed by atoms with Crippen LogP contribution in [0.3, 0.4) is 0 Å². The molecule has 1 atom stereocenters. The van der Waals surface area contributed by atoms with Gasteiger partial charge in [0, 0.05) is 12.0 Å². The Bertz CT molecular complexity index is 367. The highest BCUT2D eigenvalue weighted by Crippen LogP contribution is 2.31. The molecule has 0 bridgehead atoms. The molecular formula is C10H11ClF2O2. The van der Waals surface area contributed by atoms with Crippen LogP contribution in [0.5, 0.6) is 5.75 Å². The molecular weight excluding hydrogens is 226 g/mol. The van der Waals surface area contributed by atoms with Crippen LogP contribution in [0.4, 0.5) is 8.78 Å². The molecule has 0 amide bonds. The first-order valence-corrected chi connectivity index (χ1v) is 4.73. The van der Waals surface area contributed by atoms with E-state index in [2.05, 4.69) is 0 Å². The van der Waals surface area contributed by atoms with Crippen LogP contribution in [0.2, 0.25) is 5.02 Å². The van der Waals surface area contributed by atoms with Gasteiger partial charge in [-0.3, -0.25) is 0 Å². The number of ether oxygens (including phenoxy) is 1. The van der Waals surface area contributed by atoms with Gasteiger partial charge >= 0.3 is 0 Å². The molecule has 1 N–H and O–H groups in total. The lowest BCUT2D eigenvalue weighted by molar-refractivity contribution is 0.192. The van der Waals surface area contributed by atoms with Gasteiger partial charge in [-0.25, -0.2) is 8.78 Å². The average molecular weight is 237 g/mol. The van der Waals surface area contributed by atoms with Crippen LogP contribution >= 0.6 is 11.6 Å². The molecule has 0 heterocycles. The minimum atomic E-state index is -0.800. The number of aliphatic hydroxyl groups is 1. The summed E-state index contributed by atoms with van der Waals surface area (Å²) in [5.41, 5.74) is -0.0440. The van der Waals surface area contributed by atoms with Crippen molar-refractivity contribution in [3.8, 4) is 5.75 Å². The molecule has 0 fully saturated rings. The second kappa shape index (κ2) is 4.77. The monoisotopic (exact) mass is 236 g/mol. The van der Waals surface area contributed by atoms with Crippen LogP contribution in [-0.4, -0.2) is 18.3 Å². The first-order chi connectivity index (χ1) is 6.97. The Hall–Kier alpha value is -0.870. The van der Waals surface area contributed by atoms with Crippen molar-refractivity contribution < 1.29 is 18.6 Å². The topological polar surface area (TPSA) is 29.5 Å². The van der Waals surface area contributed by atoms with Crippen molar-refractivity contribution in [1.82, 2.24) is 0 Å². The summed E-state index contributed by atoms with van der Waals surface area (Å²) in [5.74, 6) is -1.70. The molecule has 1 aromatic rings. The van der Waals surface area contributed by atoms with E-state index in [9.17, 15) is 8.78 Å². The Balaban J connectivity index is 3.30.